The monoisotopic (exact) mass is 290 g/mol. The van der Waals surface area contributed by atoms with Crippen LogP contribution in [0.5, 0.6) is 0 Å². The molecule has 1 aliphatic heterocycles. The molecule has 1 heterocycles. The van der Waals surface area contributed by atoms with Crippen LogP contribution in [-0.4, -0.2) is 56.4 Å². The minimum absolute atomic E-state index is 0.0943. The molecular formula is C13H26N2O3S. The molecule has 0 spiro atoms. The first-order valence-corrected chi connectivity index (χ1v) is 8.96. The maximum Gasteiger partial charge on any atom is 0.214 e. The molecule has 2 rings (SSSR count). The van der Waals surface area contributed by atoms with E-state index in [9.17, 15) is 8.42 Å². The molecule has 112 valence electrons. The topological polar surface area (TPSA) is 58.6 Å². The fourth-order valence-electron chi connectivity index (χ4n) is 3.00. The van der Waals surface area contributed by atoms with Gasteiger partial charge in [-0.1, -0.05) is 13.8 Å². The quantitative estimate of drug-likeness (QED) is 0.740. The van der Waals surface area contributed by atoms with Crippen molar-refractivity contribution in [2.75, 3.05) is 25.4 Å². The van der Waals surface area contributed by atoms with Crippen LogP contribution in [0.15, 0.2) is 0 Å². The first kappa shape index (κ1) is 15.2. The number of hydrogen-bond donors (Lipinski definition) is 1. The number of nitrogens with zero attached hydrogens (tertiary/aromatic N) is 1. The molecular weight excluding hydrogens is 264 g/mol. The maximum absolute atomic E-state index is 12.4. The van der Waals surface area contributed by atoms with Crippen LogP contribution in [0, 0.1) is 0 Å². The van der Waals surface area contributed by atoms with Crippen molar-refractivity contribution >= 4 is 10.0 Å². The van der Waals surface area contributed by atoms with E-state index in [-0.39, 0.29) is 17.9 Å². The summed E-state index contributed by atoms with van der Waals surface area (Å²) in [6.07, 6.45) is 3.85. The number of sulfonamides is 1. The van der Waals surface area contributed by atoms with Gasteiger partial charge in [0.1, 0.15) is 0 Å². The molecule has 0 bridgehead atoms. The van der Waals surface area contributed by atoms with E-state index in [0.717, 1.165) is 25.8 Å². The fourth-order valence-corrected chi connectivity index (χ4v) is 4.75. The summed E-state index contributed by atoms with van der Waals surface area (Å²) in [5, 5.41) is 3.26. The number of hydrogen-bond acceptors (Lipinski definition) is 4. The third-order valence-electron chi connectivity index (χ3n) is 3.92. The van der Waals surface area contributed by atoms with Gasteiger partial charge < -0.3 is 10.1 Å². The summed E-state index contributed by atoms with van der Waals surface area (Å²) in [4.78, 5) is 0. The van der Waals surface area contributed by atoms with Crippen molar-refractivity contribution in [1.29, 1.82) is 0 Å². The molecule has 0 aromatic heterocycles. The summed E-state index contributed by atoms with van der Waals surface area (Å²) in [6.45, 7) is 5.97. The van der Waals surface area contributed by atoms with Crippen molar-refractivity contribution in [2.45, 2.75) is 57.7 Å². The van der Waals surface area contributed by atoms with Crippen molar-refractivity contribution in [3.63, 3.8) is 0 Å². The molecule has 2 atom stereocenters. The van der Waals surface area contributed by atoms with Gasteiger partial charge in [0.15, 0.2) is 0 Å². The molecule has 2 fully saturated rings. The van der Waals surface area contributed by atoms with Gasteiger partial charge in [-0.25, -0.2) is 8.42 Å². The van der Waals surface area contributed by atoms with E-state index < -0.39 is 10.0 Å². The van der Waals surface area contributed by atoms with Crippen LogP contribution in [-0.2, 0) is 14.8 Å². The Bertz CT molecular complexity index is 383. The number of fused-ring (bicyclic) bond motifs is 1. The molecule has 19 heavy (non-hydrogen) atoms. The summed E-state index contributed by atoms with van der Waals surface area (Å²) in [5.41, 5.74) is 0. The first-order chi connectivity index (χ1) is 9.00. The molecule has 0 radical (unpaired) electrons. The zero-order chi connectivity index (χ0) is 13.9. The molecule has 0 aromatic carbocycles. The Kier molecular flexibility index (Phi) is 5.22. The van der Waals surface area contributed by atoms with Crippen LogP contribution in [0.4, 0.5) is 0 Å². The number of nitrogens with one attached hydrogen (secondary N) is 1. The molecule has 1 N–H and O–H groups in total. The van der Waals surface area contributed by atoms with Crippen LogP contribution in [0.2, 0.25) is 0 Å². The standard InChI is InChI=1S/C13H26N2O3S/c1-11(2)14-7-4-10-19(16,17)15-8-9-18-13-6-3-5-12(13)15/h11-14H,3-10H2,1-2H3. The van der Waals surface area contributed by atoms with Crippen molar-refractivity contribution in [3.05, 3.63) is 0 Å². The minimum Gasteiger partial charge on any atom is -0.375 e. The number of rotatable bonds is 6. The highest BCUT2D eigenvalue weighted by Crippen LogP contribution is 2.31. The van der Waals surface area contributed by atoms with Crippen molar-refractivity contribution in [3.8, 4) is 0 Å². The van der Waals surface area contributed by atoms with Gasteiger partial charge in [0.25, 0.3) is 0 Å². The second-order valence-corrected chi connectivity index (χ2v) is 7.84. The molecule has 5 nitrogen and oxygen atoms in total. The molecule has 1 aliphatic carbocycles. The zero-order valence-electron chi connectivity index (χ0n) is 12.0. The lowest BCUT2D eigenvalue weighted by molar-refractivity contribution is -0.0241. The third-order valence-corrected chi connectivity index (χ3v) is 5.89. The van der Waals surface area contributed by atoms with E-state index >= 15 is 0 Å². The third kappa shape index (κ3) is 3.90. The van der Waals surface area contributed by atoms with E-state index in [4.69, 9.17) is 4.74 Å². The van der Waals surface area contributed by atoms with Crippen LogP contribution in [0.3, 0.4) is 0 Å². The largest absolute Gasteiger partial charge is 0.375 e. The van der Waals surface area contributed by atoms with Crippen LogP contribution in [0.25, 0.3) is 0 Å². The average Bonchev–Trinajstić information content (AvgIpc) is 2.82. The van der Waals surface area contributed by atoms with Gasteiger partial charge in [-0.3, -0.25) is 0 Å². The molecule has 2 unspecified atom stereocenters. The Morgan fingerprint density at radius 1 is 1.37 bits per heavy atom. The lowest BCUT2D eigenvalue weighted by Gasteiger charge is -2.36. The fraction of sp³-hybridized carbons (Fsp3) is 1.00. The molecule has 6 heteroatoms. The normalized spacial score (nSPS) is 28.8. The predicted molar refractivity (Wildman–Crippen MR) is 75.6 cm³/mol. The van der Waals surface area contributed by atoms with Gasteiger partial charge in [0.2, 0.25) is 10.0 Å². The van der Waals surface area contributed by atoms with Gasteiger partial charge in [-0.2, -0.15) is 4.31 Å². The van der Waals surface area contributed by atoms with Crippen LogP contribution in [0.1, 0.15) is 39.5 Å². The smallest absolute Gasteiger partial charge is 0.214 e. The highest BCUT2D eigenvalue weighted by molar-refractivity contribution is 7.89. The molecule has 1 saturated carbocycles. The predicted octanol–water partition coefficient (Wildman–Crippen LogP) is 0.958. The second kappa shape index (κ2) is 6.52. The summed E-state index contributed by atoms with van der Waals surface area (Å²) in [5.74, 6) is 0.246. The van der Waals surface area contributed by atoms with Gasteiger partial charge in [-0.15, -0.1) is 0 Å². The average molecular weight is 290 g/mol. The Morgan fingerprint density at radius 3 is 2.89 bits per heavy atom. The van der Waals surface area contributed by atoms with E-state index in [0.29, 0.717) is 25.6 Å². The lowest BCUT2D eigenvalue weighted by atomic mass is 10.2. The molecule has 2 aliphatic rings. The molecule has 1 saturated heterocycles. The Morgan fingerprint density at radius 2 is 2.16 bits per heavy atom. The van der Waals surface area contributed by atoms with Crippen molar-refractivity contribution in [2.24, 2.45) is 0 Å². The Labute approximate surface area is 116 Å². The molecule has 0 amide bonds. The summed E-state index contributed by atoms with van der Waals surface area (Å²) >= 11 is 0. The highest BCUT2D eigenvalue weighted by atomic mass is 32.2. The Hall–Kier alpha value is -0.170. The highest BCUT2D eigenvalue weighted by Gasteiger charge is 2.41. The van der Waals surface area contributed by atoms with E-state index in [1.54, 1.807) is 4.31 Å². The van der Waals surface area contributed by atoms with Gasteiger partial charge in [-0.05, 0) is 32.2 Å². The molecule has 0 aromatic rings. The van der Waals surface area contributed by atoms with Crippen molar-refractivity contribution < 1.29 is 13.2 Å². The summed E-state index contributed by atoms with van der Waals surface area (Å²) in [6, 6.07) is 0.502. The van der Waals surface area contributed by atoms with E-state index in [1.165, 1.54) is 0 Å². The van der Waals surface area contributed by atoms with Crippen molar-refractivity contribution in [1.82, 2.24) is 9.62 Å². The zero-order valence-corrected chi connectivity index (χ0v) is 12.8. The Balaban J connectivity index is 1.87. The van der Waals surface area contributed by atoms with Crippen LogP contribution < -0.4 is 5.32 Å². The van der Waals surface area contributed by atoms with Crippen LogP contribution >= 0.6 is 0 Å². The van der Waals surface area contributed by atoms with Gasteiger partial charge >= 0.3 is 0 Å². The van der Waals surface area contributed by atoms with Gasteiger partial charge in [0, 0.05) is 12.6 Å². The second-order valence-electron chi connectivity index (χ2n) is 5.80. The maximum atomic E-state index is 12.4. The SMILES string of the molecule is CC(C)NCCCS(=O)(=O)N1CCOC2CCCC21. The summed E-state index contributed by atoms with van der Waals surface area (Å²) < 4.78 is 32.2. The number of morpholine rings is 1. The van der Waals surface area contributed by atoms with E-state index in [1.807, 2.05) is 0 Å². The lowest BCUT2D eigenvalue weighted by Crippen LogP contribution is -2.51. The van der Waals surface area contributed by atoms with E-state index in [2.05, 4.69) is 19.2 Å². The number of ether oxygens (including phenoxy) is 1. The summed E-state index contributed by atoms with van der Waals surface area (Å²) in [7, 11) is -3.12. The van der Waals surface area contributed by atoms with Gasteiger partial charge in [0.05, 0.1) is 24.5 Å². The minimum atomic E-state index is -3.12. The first-order valence-electron chi connectivity index (χ1n) is 7.35.